The van der Waals surface area contributed by atoms with Crippen LogP contribution in [0.15, 0.2) is 41.4 Å². The molecule has 0 bridgehead atoms. The number of pyridine rings is 1. The Bertz CT molecular complexity index is 910. The summed E-state index contributed by atoms with van der Waals surface area (Å²) in [6.45, 7) is 5.36. The van der Waals surface area contributed by atoms with E-state index in [2.05, 4.69) is 10.3 Å². The molecule has 0 aliphatic heterocycles. The van der Waals surface area contributed by atoms with Gasteiger partial charge in [0.25, 0.3) is 0 Å². The second-order valence-electron chi connectivity index (χ2n) is 6.27. The summed E-state index contributed by atoms with van der Waals surface area (Å²) in [5, 5.41) is 6.15. The highest BCUT2D eigenvalue weighted by atomic mass is 32.1. The molecular formula is C17H17N3O4S. The van der Waals surface area contributed by atoms with Gasteiger partial charge in [-0.3, -0.25) is 9.72 Å². The molecule has 0 aromatic carbocycles. The molecule has 130 valence electrons. The van der Waals surface area contributed by atoms with Crippen LogP contribution in [0.25, 0.3) is 5.65 Å². The third kappa shape index (κ3) is 4.16. The van der Waals surface area contributed by atoms with Crippen LogP contribution in [0.5, 0.6) is 5.88 Å². The van der Waals surface area contributed by atoms with Crippen LogP contribution in [0.1, 0.15) is 31.1 Å². The minimum Gasteiger partial charge on any atom is -0.444 e. The Labute approximate surface area is 148 Å². The first-order valence-electron chi connectivity index (χ1n) is 7.53. The van der Waals surface area contributed by atoms with Gasteiger partial charge in [0, 0.05) is 11.6 Å². The van der Waals surface area contributed by atoms with E-state index in [1.807, 2.05) is 0 Å². The van der Waals surface area contributed by atoms with E-state index in [1.165, 1.54) is 17.5 Å². The normalized spacial score (nSPS) is 11.3. The van der Waals surface area contributed by atoms with E-state index in [-0.39, 0.29) is 5.88 Å². The molecule has 0 aliphatic carbocycles. The first kappa shape index (κ1) is 17.0. The van der Waals surface area contributed by atoms with Gasteiger partial charge in [0.05, 0.1) is 17.4 Å². The lowest BCUT2D eigenvalue weighted by Crippen LogP contribution is -2.27. The molecule has 3 aromatic heterocycles. The van der Waals surface area contributed by atoms with Crippen LogP contribution in [0.3, 0.4) is 0 Å². The molecule has 0 aliphatic rings. The molecule has 8 heteroatoms. The van der Waals surface area contributed by atoms with E-state index in [0.717, 1.165) is 0 Å². The molecule has 0 radical (unpaired) electrons. The maximum Gasteiger partial charge on any atom is 0.412 e. The monoisotopic (exact) mass is 359 g/mol. The molecule has 0 saturated carbocycles. The summed E-state index contributed by atoms with van der Waals surface area (Å²) in [7, 11) is 0. The first-order valence-corrected chi connectivity index (χ1v) is 8.47. The van der Waals surface area contributed by atoms with Gasteiger partial charge in [-0.25, -0.2) is 14.6 Å². The zero-order chi connectivity index (χ0) is 18.0. The molecule has 0 spiro atoms. The lowest BCUT2D eigenvalue weighted by molar-refractivity contribution is 0.0634. The predicted molar refractivity (Wildman–Crippen MR) is 94.3 cm³/mol. The van der Waals surface area contributed by atoms with Crippen LogP contribution in [0, 0.1) is 0 Å². The van der Waals surface area contributed by atoms with Gasteiger partial charge < -0.3 is 9.47 Å². The van der Waals surface area contributed by atoms with E-state index in [9.17, 15) is 9.59 Å². The van der Waals surface area contributed by atoms with Gasteiger partial charge in [0.2, 0.25) is 5.88 Å². The summed E-state index contributed by atoms with van der Waals surface area (Å²) in [5.41, 5.74) is 0.961. The van der Waals surface area contributed by atoms with Crippen LogP contribution in [0.2, 0.25) is 0 Å². The summed E-state index contributed by atoms with van der Waals surface area (Å²) in [6.07, 6.45) is 2.50. The fourth-order valence-electron chi connectivity index (χ4n) is 2.06. The second kappa shape index (κ2) is 6.56. The summed E-state index contributed by atoms with van der Waals surface area (Å²) in [5.74, 6) is -0.201. The van der Waals surface area contributed by atoms with Gasteiger partial charge in [-0.15, -0.1) is 0 Å². The van der Waals surface area contributed by atoms with E-state index < -0.39 is 17.7 Å². The molecule has 0 unspecified atom stereocenters. The van der Waals surface area contributed by atoms with Crippen LogP contribution >= 0.6 is 11.3 Å². The minimum absolute atomic E-state index is 0.263. The standard InChI is InChI=1S/C17H17N3O4S/c1-17(2,3)24-16(22)19-12-4-5-13-18-8-14(20(13)9-12)23-15(21)11-6-7-25-10-11/h4-10H,1-3H3,(H,19,22). The van der Waals surface area contributed by atoms with Gasteiger partial charge in [0.15, 0.2) is 0 Å². The molecule has 3 heterocycles. The number of nitrogens with one attached hydrogen (secondary N) is 1. The van der Waals surface area contributed by atoms with Crippen molar-refractivity contribution in [2.24, 2.45) is 0 Å². The van der Waals surface area contributed by atoms with Crippen molar-refractivity contribution in [2.75, 3.05) is 5.32 Å². The number of carbonyl (C=O) groups excluding carboxylic acids is 2. The van der Waals surface area contributed by atoms with E-state index >= 15 is 0 Å². The number of hydrogen-bond donors (Lipinski definition) is 1. The van der Waals surface area contributed by atoms with Crippen LogP contribution < -0.4 is 10.1 Å². The Kier molecular flexibility index (Phi) is 4.45. The lowest BCUT2D eigenvalue weighted by Gasteiger charge is -2.19. The zero-order valence-corrected chi connectivity index (χ0v) is 14.8. The van der Waals surface area contributed by atoms with Gasteiger partial charge >= 0.3 is 12.1 Å². The van der Waals surface area contributed by atoms with Crippen molar-refractivity contribution in [1.82, 2.24) is 9.38 Å². The van der Waals surface area contributed by atoms with Gasteiger partial charge in [-0.2, -0.15) is 11.3 Å². The third-order valence-corrected chi connectivity index (χ3v) is 3.75. The number of carbonyl (C=O) groups is 2. The fourth-order valence-corrected chi connectivity index (χ4v) is 2.69. The number of esters is 1. The smallest absolute Gasteiger partial charge is 0.412 e. The van der Waals surface area contributed by atoms with Crippen molar-refractivity contribution in [2.45, 2.75) is 26.4 Å². The lowest BCUT2D eigenvalue weighted by atomic mass is 10.2. The summed E-state index contributed by atoms with van der Waals surface area (Å²) in [4.78, 5) is 28.1. The maximum atomic E-state index is 12.1. The quantitative estimate of drug-likeness (QED) is 0.716. The molecule has 3 aromatic rings. The van der Waals surface area contributed by atoms with Crippen molar-refractivity contribution in [3.63, 3.8) is 0 Å². The number of hydrogen-bond acceptors (Lipinski definition) is 6. The summed E-state index contributed by atoms with van der Waals surface area (Å²) >= 11 is 1.41. The predicted octanol–water partition coefficient (Wildman–Crippen LogP) is 3.96. The van der Waals surface area contributed by atoms with Crippen molar-refractivity contribution >= 4 is 34.7 Å². The van der Waals surface area contributed by atoms with E-state index in [4.69, 9.17) is 9.47 Å². The van der Waals surface area contributed by atoms with Crippen LogP contribution in [0.4, 0.5) is 10.5 Å². The Morgan fingerprint density at radius 1 is 1.24 bits per heavy atom. The molecule has 7 nitrogen and oxygen atoms in total. The molecule has 3 rings (SSSR count). The average Bonchev–Trinajstić information content (AvgIpc) is 3.15. The van der Waals surface area contributed by atoms with Crippen molar-refractivity contribution in [1.29, 1.82) is 0 Å². The summed E-state index contributed by atoms with van der Waals surface area (Å²) in [6, 6.07) is 5.08. The molecule has 0 fully saturated rings. The number of nitrogens with zero attached hydrogens (tertiary/aromatic N) is 2. The van der Waals surface area contributed by atoms with Crippen LogP contribution in [-0.2, 0) is 4.74 Å². The van der Waals surface area contributed by atoms with E-state index in [0.29, 0.717) is 16.9 Å². The number of ether oxygens (including phenoxy) is 2. The number of anilines is 1. The zero-order valence-electron chi connectivity index (χ0n) is 14.0. The number of aromatic nitrogens is 2. The molecule has 0 saturated heterocycles. The largest absolute Gasteiger partial charge is 0.444 e. The number of fused-ring (bicyclic) bond motifs is 1. The Morgan fingerprint density at radius 3 is 2.72 bits per heavy atom. The van der Waals surface area contributed by atoms with Crippen molar-refractivity contribution in [3.05, 3.63) is 46.9 Å². The summed E-state index contributed by atoms with van der Waals surface area (Å²) < 4.78 is 12.2. The Morgan fingerprint density at radius 2 is 2.04 bits per heavy atom. The van der Waals surface area contributed by atoms with Crippen molar-refractivity contribution in [3.8, 4) is 5.88 Å². The second-order valence-corrected chi connectivity index (χ2v) is 7.05. The molecule has 1 N–H and O–H groups in total. The van der Waals surface area contributed by atoms with Crippen molar-refractivity contribution < 1.29 is 19.1 Å². The number of amides is 1. The molecule has 1 amide bonds. The highest BCUT2D eigenvalue weighted by Gasteiger charge is 2.17. The van der Waals surface area contributed by atoms with Gasteiger partial charge in [-0.1, -0.05) is 0 Å². The topological polar surface area (TPSA) is 81.9 Å². The number of imidazole rings is 1. The third-order valence-electron chi connectivity index (χ3n) is 3.07. The van der Waals surface area contributed by atoms with Gasteiger partial charge in [0.1, 0.15) is 11.2 Å². The SMILES string of the molecule is CC(C)(C)OC(=O)Nc1ccc2ncc(OC(=O)c3ccsc3)n2c1. The minimum atomic E-state index is -0.593. The number of thiophene rings is 1. The average molecular weight is 359 g/mol. The number of rotatable bonds is 3. The van der Waals surface area contributed by atoms with E-state index in [1.54, 1.807) is 60.3 Å². The fraction of sp³-hybridized carbons (Fsp3) is 0.235. The highest BCUT2D eigenvalue weighted by Crippen LogP contribution is 2.20. The molecule has 25 heavy (non-hydrogen) atoms. The Hall–Kier alpha value is -2.87. The first-order chi connectivity index (χ1) is 11.8. The Balaban J connectivity index is 1.80. The maximum absolute atomic E-state index is 12.1. The van der Waals surface area contributed by atoms with Crippen LogP contribution in [-0.4, -0.2) is 27.0 Å². The molecular weight excluding hydrogens is 342 g/mol. The molecule has 0 atom stereocenters. The highest BCUT2D eigenvalue weighted by molar-refractivity contribution is 7.08. The van der Waals surface area contributed by atoms with Gasteiger partial charge in [-0.05, 0) is 44.4 Å².